The Bertz CT molecular complexity index is 812. The van der Waals surface area contributed by atoms with Crippen LogP contribution in [0.2, 0.25) is 5.15 Å². The van der Waals surface area contributed by atoms with Crippen LogP contribution in [0.3, 0.4) is 0 Å². The molecule has 1 aromatic heterocycles. The van der Waals surface area contributed by atoms with E-state index in [1.165, 1.54) is 12.3 Å². The fourth-order valence-electron chi connectivity index (χ4n) is 1.52. The molecule has 0 saturated heterocycles. The molecule has 0 aliphatic rings. The van der Waals surface area contributed by atoms with E-state index in [4.69, 9.17) is 11.6 Å². The number of pyridine rings is 1. The lowest BCUT2D eigenvalue weighted by Crippen LogP contribution is -2.15. The summed E-state index contributed by atoms with van der Waals surface area (Å²) in [6.45, 7) is 0. The first-order valence-electron chi connectivity index (χ1n) is 5.53. The monoisotopic (exact) mass is 415 g/mol. The van der Waals surface area contributed by atoms with Gasteiger partial charge in [0.05, 0.1) is 5.56 Å². The number of alkyl halides is 3. The van der Waals surface area contributed by atoms with Gasteiger partial charge in [0.2, 0.25) is 0 Å². The van der Waals surface area contributed by atoms with Crippen LogP contribution in [-0.2, 0) is 16.3 Å². The summed E-state index contributed by atoms with van der Waals surface area (Å²) in [5.41, 5.74) is -1.21. The highest BCUT2D eigenvalue weighted by Crippen LogP contribution is 2.37. The van der Waals surface area contributed by atoms with Gasteiger partial charge in [0.15, 0.2) is 10.9 Å². The van der Waals surface area contributed by atoms with E-state index in [1.807, 2.05) is 0 Å². The molecule has 10 heteroatoms. The summed E-state index contributed by atoms with van der Waals surface area (Å²) < 4.78 is 67.7. The first kappa shape index (κ1) is 17.0. The minimum Gasteiger partial charge on any atom is -0.378 e. The highest BCUT2D eigenvalue weighted by Gasteiger charge is 2.36. The third-order valence-corrected chi connectivity index (χ3v) is 4.53. The van der Waals surface area contributed by atoms with Crippen LogP contribution in [0.15, 0.2) is 45.9 Å². The Morgan fingerprint density at radius 2 is 1.86 bits per heavy atom. The van der Waals surface area contributed by atoms with Crippen molar-refractivity contribution in [3.8, 4) is 5.75 Å². The lowest BCUT2D eigenvalue weighted by molar-refractivity contribution is -0.138. The average Bonchev–Trinajstić information content (AvgIpc) is 2.40. The Balaban J connectivity index is 2.49. The Labute approximate surface area is 137 Å². The number of hydrogen-bond donors (Lipinski definition) is 0. The first-order chi connectivity index (χ1) is 10.1. The van der Waals surface area contributed by atoms with Gasteiger partial charge >= 0.3 is 16.3 Å². The van der Waals surface area contributed by atoms with Gasteiger partial charge in [0.1, 0.15) is 4.90 Å². The van der Waals surface area contributed by atoms with Gasteiger partial charge in [-0.2, -0.15) is 21.6 Å². The van der Waals surface area contributed by atoms with Gasteiger partial charge < -0.3 is 4.18 Å². The second-order valence-corrected chi connectivity index (χ2v) is 6.76. The highest BCUT2D eigenvalue weighted by atomic mass is 79.9. The Kier molecular flexibility index (Phi) is 4.69. The van der Waals surface area contributed by atoms with Crippen LogP contribution in [0.5, 0.6) is 5.75 Å². The summed E-state index contributed by atoms with van der Waals surface area (Å²) in [5.74, 6) is -0.842. The zero-order chi connectivity index (χ0) is 16.5. The second-order valence-electron chi connectivity index (χ2n) is 3.97. The first-order valence-corrected chi connectivity index (χ1v) is 8.11. The molecular weight excluding hydrogens is 411 g/mol. The molecule has 0 N–H and O–H groups in total. The SMILES string of the molecule is O=S(=O)(Oc1ccccc1C(F)(F)F)c1cc(Br)cnc1Cl. The average molecular weight is 417 g/mol. The van der Waals surface area contributed by atoms with Crippen molar-refractivity contribution in [1.82, 2.24) is 4.98 Å². The van der Waals surface area contributed by atoms with Gasteiger partial charge in [-0.3, -0.25) is 0 Å². The zero-order valence-electron chi connectivity index (χ0n) is 10.4. The van der Waals surface area contributed by atoms with Gasteiger partial charge in [-0.05, 0) is 34.1 Å². The van der Waals surface area contributed by atoms with Crippen molar-refractivity contribution < 1.29 is 25.8 Å². The summed E-state index contributed by atoms with van der Waals surface area (Å²) >= 11 is 8.66. The van der Waals surface area contributed by atoms with Gasteiger partial charge in [0, 0.05) is 10.7 Å². The van der Waals surface area contributed by atoms with Crippen LogP contribution < -0.4 is 4.18 Å². The van der Waals surface area contributed by atoms with Crippen molar-refractivity contribution in [2.24, 2.45) is 0 Å². The molecule has 4 nitrogen and oxygen atoms in total. The van der Waals surface area contributed by atoms with Crippen LogP contribution >= 0.6 is 27.5 Å². The molecule has 1 heterocycles. The molecule has 0 bridgehead atoms. The molecule has 0 unspecified atom stereocenters. The maximum atomic E-state index is 12.8. The van der Waals surface area contributed by atoms with Crippen molar-refractivity contribution in [3.63, 3.8) is 0 Å². The Morgan fingerprint density at radius 1 is 1.23 bits per heavy atom. The van der Waals surface area contributed by atoms with Crippen molar-refractivity contribution in [2.75, 3.05) is 0 Å². The van der Waals surface area contributed by atoms with Crippen LogP contribution in [0.1, 0.15) is 5.56 Å². The molecule has 0 amide bonds. The van der Waals surface area contributed by atoms with Crippen LogP contribution in [0.25, 0.3) is 0 Å². The zero-order valence-corrected chi connectivity index (χ0v) is 13.6. The standard InChI is InChI=1S/C12H6BrClF3NO3S/c13-7-5-10(11(14)18-6-7)22(19,20)21-9-4-2-1-3-8(9)12(15,16)17/h1-6H. The Morgan fingerprint density at radius 3 is 2.50 bits per heavy atom. The van der Waals surface area contributed by atoms with Crippen LogP contribution in [0, 0.1) is 0 Å². The largest absolute Gasteiger partial charge is 0.420 e. The summed E-state index contributed by atoms with van der Waals surface area (Å²) in [5, 5.41) is -0.410. The minimum absolute atomic E-state index is 0.281. The van der Waals surface area contributed by atoms with E-state index < -0.39 is 37.7 Å². The van der Waals surface area contributed by atoms with Crippen LogP contribution in [0.4, 0.5) is 13.2 Å². The molecule has 118 valence electrons. The molecule has 0 spiro atoms. The smallest absolute Gasteiger partial charge is 0.378 e. The second kappa shape index (κ2) is 6.05. The van der Waals surface area contributed by atoms with Gasteiger partial charge in [-0.15, -0.1) is 0 Å². The summed E-state index contributed by atoms with van der Waals surface area (Å²) in [6, 6.07) is 5.04. The summed E-state index contributed by atoms with van der Waals surface area (Å²) in [6.07, 6.45) is -3.52. The number of nitrogens with zero attached hydrogens (tertiary/aromatic N) is 1. The van der Waals surface area contributed by atoms with Gasteiger partial charge in [-0.25, -0.2) is 4.98 Å². The summed E-state index contributed by atoms with van der Waals surface area (Å²) in [7, 11) is -4.57. The maximum Gasteiger partial charge on any atom is 0.420 e. The third kappa shape index (κ3) is 3.71. The molecule has 22 heavy (non-hydrogen) atoms. The van der Waals surface area contributed by atoms with E-state index in [0.29, 0.717) is 6.07 Å². The summed E-state index contributed by atoms with van der Waals surface area (Å²) in [4.78, 5) is 3.05. The highest BCUT2D eigenvalue weighted by molar-refractivity contribution is 9.10. The molecule has 0 radical (unpaired) electrons. The minimum atomic E-state index is -4.76. The number of rotatable bonds is 3. The lowest BCUT2D eigenvalue weighted by atomic mass is 10.2. The maximum absolute atomic E-state index is 12.8. The quantitative estimate of drug-likeness (QED) is 0.553. The molecule has 2 aromatic rings. The topological polar surface area (TPSA) is 56.3 Å². The number of benzene rings is 1. The Hall–Kier alpha value is -1.32. The van der Waals surface area contributed by atoms with E-state index in [-0.39, 0.29) is 4.47 Å². The molecule has 0 atom stereocenters. The van der Waals surface area contributed by atoms with Crippen molar-refractivity contribution >= 4 is 37.6 Å². The molecule has 0 saturated carbocycles. The number of aromatic nitrogens is 1. The lowest BCUT2D eigenvalue weighted by Gasteiger charge is -2.13. The molecule has 0 aliphatic carbocycles. The van der Waals surface area contributed by atoms with Crippen molar-refractivity contribution in [3.05, 3.63) is 51.7 Å². The fraction of sp³-hybridized carbons (Fsp3) is 0.0833. The molecule has 0 fully saturated rings. The van der Waals surface area contributed by atoms with Crippen molar-refractivity contribution in [1.29, 1.82) is 0 Å². The van der Waals surface area contributed by atoms with Crippen molar-refractivity contribution in [2.45, 2.75) is 11.1 Å². The van der Waals surface area contributed by atoms with Gasteiger partial charge in [0.25, 0.3) is 0 Å². The number of para-hydroxylation sites is 1. The molecular formula is C12H6BrClF3NO3S. The normalized spacial score (nSPS) is 12.2. The number of hydrogen-bond acceptors (Lipinski definition) is 4. The third-order valence-electron chi connectivity index (χ3n) is 2.43. The molecule has 1 aromatic carbocycles. The predicted octanol–water partition coefficient (Wildman–Crippen LogP) is 4.28. The van der Waals surface area contributed by atoms with E-state index in [1.54, 1.807) is 0 Å². The predicted molar refractivity (Wildman–Crippen MR) is 76.2 cm³/mol. The van der Waals surface area contributed by atoms with Gasteiger partial charge in [-0.1, -0.05) is 23.7 Å². The van der Waals surface area contributed by atoms with E-state index in [0.717, 1.165) is 18.2 Å². The number of halogens is 5. The van der Waals surface area contributed by atoms with Crippen LogP contribution in [-0.4, -0.2) is 13.4 Å². The van der Waals surface area contributed by atoms with E-state index >= 15 is 0 Å². The fourth-order valence-corrected chi connectivity index (χ4v) is 3.39. The van der Waals surface area contributed by atoms with E-state index in [9.17, 15) is 21.6 Å². The molecule has 2 rings (SSSR count). The molecule has 0 aliphatic heterocycles. The van der Waals surface area contributed by atoms with E-state index in [2.05, 4.69) is 25.1 Å².